The Morgan fingerprint density at radius 2 is 1.88 bits per heavy atom. The van der Waals surface area contributed by atoms with Gasteiger partial charge in [0.05, 0.1) is 12.5 Å². The van der Waals surface area contributed by atoms with Crippen LogP contribution in [0.2, 0.25) is 0 Å². The van der Waals surface area contributed by atoms with Crippen LogP contribution in [-0.4, -0.2) is 36.2 Å². The van der Waals surface area contributed by atoms with Crippen molar-refractivity contribution in [2.24, 2.45) is 10.8 Å². The molecule has 0 spiro atoms. The molecule has 0 saturated carbocycles. The molecule has 0 aliphatic carbocycles. The molecule has 0 radical (unpaired) electrons. The molecule has 0 aliphatic rings. The molecule has 0 saturated heterocycles. The zero-order valence-electron chi connectivity index (χ0n) is 14.9. The van der Waals surface area contributed by atoms with Crippen LogP contribution in [0.15, 0.2) is 24.3 Å². The van der Waals surface area contributed by atoms with Crippen molar-refractivity contribution in [3.8, 4) is 0 Å². The average molecular weight is 335 g/mol. The van der Waals surface area contributed by atoms with Crippen molar-refractivity contribution < 1.29 is 24.4 Å². The molecule has 1 aromatic rings. The first-order valence-electron chi connectivity index (χ1n) is 7.91. The van der Waals surface area contributed by atoms with Gasteiger partial charge in [0.15, 0.2) is 0 Å². The molecule has 132 valence electrons. The highest BCUT2D eigenvalue weighted by molar-refractivity contribution is 6.58. The Morgan fingerprint density at radius 1 is 1.25 bits per heavy atom. The van der Waals surface area contributed by atoms with Crippen molar-refractivity contribution in [1.82, 2.24) is 0 Å². The maximum absolute atomic E-state index is 12.7. The van der Waals surface area contributed by atoms with Crippen molar-refractivity contribution in [3.05, 3.63) is 24.3 Å². The van der Waals surface area contributed by atoms with Crippen LogP contribution in [0.5, 0.6) is 0 Å². The van der Waals surface area contributed by atoms with Crippen LogP contribution in [0.4, 0.5) is 5.69 Å². The summed E-state index contributed by atoms with van der Waals surface area (Å²) in [7, 11) is -0.267. The van der Waals surface area contributed by atoms with Gasteiger partial charge < -0.3 is 20.1 Å². The van der Waals surface area contributed by atoms with Gasteiger partial charge in [-0.05, 0) is 44.3 Å². The molecule has 24 heavy (non-hydrogen) atoms. The van der Waals surface area contributed by atoms with Crippen molar-refractivity contribution in [3.63, 3.8) is 0 Å². The van der Waals surface area contributed by atoms with Gasteiger partial charge in [-0.1, -0.05) is 26.0 Å². The number of hydrogen-bond donors (Lipinski definition) is 3. The van der Waals surface area contributed by atoms with Crippen LogP contribution >= 0.6 is 0 Å². The summed E-state index contributed by atoms with van der Waals surface area (Å²) in [5.41, 5.74) is -0.798. The smallest absolute Gasteiger partial charge is 0.469 e. The third kappa shape index (κ3) is 4.82. The zero-order valence-corrected chi connectivity index (χ0v) is 14.9. The van der Waals surface area contributed by atoms with Gasteiger partial charge in [-0.3, -0.25) is 9.59 Å². The molecular weight excluding hydrogens is 309 g/mol. The quantitative estimate of drug-likeness (QED) is 0.516. The lowest BCUT2D eigenvalue weighted by atomic mass is 9.71. The Bertz CT molecular complexity index is 602. The lowest BCUT2D eigenvalue weighted by molar-refractivity contribution is -0.153. The molecule has 0 aliphatic heterocycles. The van der Waals surface area contributed by atoms with Crippen LogP contribution in [0, 0.1) is 10.8 Å². The second-order valence-electron chi connectivity index (χ2n) is 6.92. The summed E-state index contributed by atoms with van der Waals surface area (Å²) in [6.07, 6.45) is 0.874. The van der Waals surface area contributed by atoms with E-state index in [0.29, 0.717) is 24.0 Å². The number of hydrogen-bond acceptors (Lipinski definition) is 5. The maximum Gasteiger partial charge on any atom is 0.488 e. The lowest BCUT2D eigenvalue weighted by Crippen LogP contribution is -2.40. The fraction of sp³-hybridized carbons (Fsp3) is 0.529. The SMILES string of the molecule is CCC(C)(CC(C)(C)C(=O)OC)C(=O)Nc1cccc(B(O)O)c1. The van der Waals surface area contributed by atoms with E-state index in [0.717, 1.165) is 0 Å². The Labute approximate surface area is 143 Å². The summed E-state index contributed by atoms with van der Waals surface area (Å²) in [4.78, 5) is 24.7. The fourth-order valence-corrected chi connectivity index (χ4v) is 2.75. The van der Waals surface area contributed by atoms with E-state index in [1.165, 1.54) is 13.2 Å². The van der Waals surface area contributed by atoms with Crippen molar-refractivity contribution in [2.45, 2.75) is 40.5 Å². The van der Waals surface area contributed by atoms with E-state index in [1.54, 1.807) is 39.0 Å². The number of ether oxygens (including phenoxy) is 1. The summed E-state index contributed by atoms with van der Waals surface area (Å²) in [5, 5.41) is 21.2. The molecular formula is C17H26BNO5. The third-order valence-electron chi connectivity index (χ3n) is 4.34. The highest BCUT2D eigenvalue weighted by Crippen LogP contribution is 2.38. The van der Waals surface area contributed by atoms with Gasteiger partial charge in [0.1, 0.15) is 0 Å². The van der Waals surface area contributed by atoms with Gasteiger partial charge in [-0.15, -0.1) is 0 Å². The molecule has 0 heterocycles. The van der Waals surface area contributed by atoms with Gasteiger partial charge in [-0.25, -0.2) is 0 Å². The number of amides is 1. The normalized spacial score (nSPS) is 13.8. The van der Waals surface area contributed by atoms with Crippen LogP contribution in [-0.2, 0) is 14.3 Å². The first-order chi connectivity index (χ1) is 11.1. The first-order valence-corrected chi connectivity index (χ1v) is 7.91. The monoisotopic (exact) mass is 335 g/mol. The van der Waals surface area contributed by atoms with Gasteiger partial charge >= 0.3 is 13.1 Å². The first kappa shape index (κ1) is 20.2. The van der Waals surface area contributed by atoms with Gasteiger partial charge in [0.2, 0.25) is 5.91 Å². The molecule has 1 atom stereocenters. The van der Waals surface area contributed by atoms with Crippen LogP contribution < -0.4 is 10.8 Å². The fourth-order valence-electron chi connectivity index (χ4n) is 2.75. The van der Waals surface area contributed by atoms with Gasteiger partial charge in [0, 0.05) is 11.1 Å². The second-order valence-corrected chi connectivity index (χ2v) is 6.92. The summed E-state index contributed by atoms with van der Waals surface area (Å²) >= 11 is 0. The predicted octanol–water partition coefficient (Wildman–Crippen LogP) is 1.31. The molecule has 6 nitrogen and oxygen atoms in total. The standard InChI is InChI=1S/C17H26BNO5/c1-6-17(4,11-16(2,3)15(21)24-5)14(20)19-13-9-7-8-12(10-13)18(22)23/h7-10,22-23H,6,11H2,1-5H3,(H,19,20). The van der Waals surface area contributed by atoms with E-state index >= 15 is 0 Å². The minimum absolute atomic E-state index is 0.230. The largest absolute Gasteiger partial charge is 0.488 e. The number of nitrogens with one attached hydrogen (secondary N) is 1. The number of esters is 1. The average Bonchev–Trinajstić information content (AvgIpc) is 2.53. The number of rotatable bonds is 7. The van der Waals surface area contributed by atoms with Gasteiger partial charge in [0.25, 0.3) is 0 Å². The molecule has 0 fully saturated rings. The number of carbonyl (C=O) groups is 2. The molecule has 1 amide bonds. The lowest BCUT2D eigenvalue weighted by Gasteiger charge is -2.34. The van der Waals surface area contributed by atoms with Crippen LogP contribution in [0.25, 0.3) is 0 Å². The van der Waals surface area contributed by atoms with E-state index < -0.39 is 17.9 Å². The van der Waals surface area contributed by atoms with Crippen molar-refractivity contribution in [2.75, 3.05) is 12.4 Å². The minimum atomic E-state index is -1.60. The van der Waals surface area contributed by atoms with E-state index in [2.05, 4.69) is 5.32 Å². The summed E-state index contributed by atoms with van der Waals surface area (Å²) in [6.45, 7) is 7.20. The van der Waals surface area contributed by atoms with Crippen molar-refractivity contribution >= 4 is 30.1 Å². The highest BCUT2D eigenvalue weighted by atomic mass is 16.5. The molecule has 0 bridgehead atoms. The molecule has 0 aromatic heterocycles. The third-order valence-corrected chi connectivity index (χ3v) is 4.34. The Hall–Kier alpha value is -1.86. The summed E-state index contributed by atoms with van der Waals surface area (Å²) < 4.78 is 4.82. The van der Waals surface area contributed by atoms with E-state index in [9.17, 15) is 19.6 Å². The second kappa shape index (κ2) is 7.81. The number of benzene rings is 1. The molecule has 1 unspecified atom stereocenters. The van der Waals surface area contributed by atoms with E-state index in [4.69, 9.17) is 4.74 Å². The van der Waals surface area contributed by atoms with Crippen molar-refractivity contribution in [1.29, 1.82) is 0 Å². The van der Waals surface area contributed by atoms with E-state index in [-0.39, 0.29) is 11.9 Å². The van der Waals surface area contributed by atoms with Crippen LogP contribution in [0.3, 0.4) is 0 Å². The Morgan fingerprint density at radius 3 is 2.38 bits per heavy atom. The predicted molar refractivity (Wildman–Crippen MR) is 93.7 cm³/mol. The Balaban J connectivity index is 2.97. The zero-order chi connectivity index (χ0) is 18.5. The summed E-state index contributed by atoms with van der Waals surface area (Å²) in [5.74, 6) is -0.591. The van der Waals surface area contributed by atoms with Crippen LogP contribution in [0.1, 0.15) is 40.5 Å². The summed E-state index contributed by atoms with van der Waals surface area (Å²) in [6, 6.07) is 6.36. The molecule has 1 aromatic carbocycles. The minimum Gasteiger partial charge on any atom is -0.469 e. The Kier molecular flexibility index (Phi) is 6.57. The van der Waals surface area contributed by atoms with E-state index in [1.807, 2.05) is 6.92 Å². The number of anilines is 1. The highest BCUT2D eigenvalue weighted by Gasteiger charge is 2.41. The topological polar surface area (TPSA) is 95.9 Å². The number of carbonyl (C=O) groups excluding carboxylic acids is 2. The molecule has 1 rings (SSSR count). The molecule has 7 heteroatoms. The van der Waals surface area contributed by atoms with Gasteiger partial charge in [-0.2, -0.15) is 0 Å². The number of methoxy groups -OCH3 is 1. The molecule has 3 N–H and O–H groups in total. The maximum atomic E-state index is 12.7.